The molecule has 15 heavy (non-hydrogen) atoms. The quantitative estimate of drug-likeness (QED) is 0.793. The average Bonchev–Trinajstić information content (AvgIpc) is 2.16. The van der Waals surface area contributed by atoms with Crippen LogP contribution in [0.1, 0.15) is 20.3 Å². The summed E-state index contributed by atoms with van der Waals surface area (Å²) in [6, 6.07) is 1.37. The lowest BCUT2D eigenvalue weighted by Gasteiger charge is -2.22. The van der Waals surface area contributed by atoms with Crippen LogP contribution in [0.4, 0.5) is 5.69 Å². The van der Waals surface area contributed by atoms with Gasteiger partial charge in [0.05, 0.1) is 17.5 Å². The van der Waals surface area contributed by atoms with E-state index in [4.69, 9.17) is 10.5 Å². The molecule has 0 unspecified atom stereocenters. The van der Waals surface area contributed by atoms with Gasteiger partial charge in [0.15, 0.2) is 0 Å². The molecule has 5 heteroatoms. The van der Waals surface area contributed by atoms with Gasteiger partial charge >= 0.3 is 0 Å². The molecular formula is C10H17N3O2. The Morgan fingerprint density at radius 2 is 2.27 bits per heavy atom. The Morgan fingerprint density at radius 1 is 1.60 bits per heavy atom. The van der Waals surface area contributed by atoms with E-state index in [1.165, 1.54) is 16.9 Å². The zero-order chi connectivity index (χ0) is 11.5. The summed E-state index contributed by atoms with van der Waals surface area (Å²) in [5.74, 6) is 0. The summed E-state index contributed by atoms with van der Waals surface area (Å²) in [4.78, 5) is 11.4. The van der Waals surface area contributed by atoms with Gasteiger partial charge in [-0.3, -0.25) is 4.79 Å². The molecule has 0 saturated heterocycles. The number of anilines is 1. The third-order valence-corrected chi connectivity index (χ3v) is 2.37. The standard InChI is InChI=1S/C10H17N3O2/c1-10(2,15-3)4-5-13-9(14)6-8(11)7-12-13/h6-7H,4-5,11H2,1-3H3. The van der Waals surface area contributed by atoms with Gasteiger partial charge < -0.3 is 10.5 Å². The van der Waals surface area contributed by atoms with Crippen molar-refractivity contribution in [2.24, 2.45) is 0 Å². The smallest absolute Gasteiger partial charge is 0.268 e. The second-order valence-electron chi connectivity index (χ2n) is 4.06. The Bertz CT molecular complexity index is 384. The number of aromatic nitrogens is 2. The van der Waals surface area contributed by atoms with Gasteiger partial charge in [0.25, 0.3) is 5.56 Å². The van der Waals surface area contributed by atoms with Crippen LogP contribution in [0.2, 0.25) is 0 Å². The van der Waals surface area contributed by atoms with E-state index in [0.717, 1.165) is 6.42 Å². The average molecular weight is 211 g/mol. The topological polar surface area (TPSA) is 70.1 Å². The number of nitrogen functional groups attached to an aromatic ring is 1. The maximum Gasteiger partial charge on any atom is 0.268 e. The van der Waals surface area contributed by atoms with Gasteiger partial charge in [0.1, 0.15) is 0 Å². The zero-order valence-electron chi connectivity index (χ0n) is 9.36. The van der Waals surface area contributed by atoms with Crippen molar-refractivity contribution < 1.29 is 4.74 Å². The molecular weight excluding hydrogens is 194 g/mol. The first-order valence-corrected chi connectivity index (χ1v) is 4.82. The van der Waals surface area contributed by atoms with Crippen LogP contribution in [0.5, 0.6) is 0 Å². The Balaban J connectivity index is 2.70. The SMILES string of the molecule is COC(C)(C)CCn1ncc(N)cc1=O. The van der Waals surface area contributed by atoms with Gasteiger partial charge in [-0.05, 0) is 20.3 Å². The van der Waals surface area contributed by atoms with Crippen LogP contribution in [0.3, 0.4) is 0 Å². The largest absolute Gasteiger partial charge is 0.397 e. The summed E-state index contributed by atoms with van der Waals surface area (Å²) >= 11 is 0. The highest BCUT2D eigenvalue weighted by Crippen LogP contribution is 2.12. The molecule has 1 aromatic heterocycles. The van der Waals surface area contributed by atoms with Crippen molar-refractivity contribution in [1.29, 1.82) is 0 Å². The number of rotatable bonds is 4. The summed E-state index contributed by atoms with van der Waals surface area (Å²) in [6.07, 6.45) is 2.20. The fourth-order valence-electron chi connectivity index (χ4n) is 1.09. The molecule has 0 saturated carbocycles. The van der Waals surface area contributed by atoms with Gasteiger partial charge in [-0.1, -0.05) is 0 Å². The lowest BCUT2D eigenvalue weighted by atomic mass is 10.1. The third kappa shape index (κ3) is 3.36. The number of hydrogen-bond acceptors (Lipinski definition) is 4. The molecule has 0 amide bonds. The van der Waals surface area contributed by atoms with Gasteiger partial charge in [0, 0.05) is 19.7 Å². The fraction of sp³-hybridized carbons (Fsp3) is 0.600. The minimum absolute atomic E-state index is 0.179. The summed E-state index contributed by atoms with van der Waals surface area (Å²) in [5.41, 5.74) is 5.40. The molecule has 5 nitrogen and oxygen atoms in total. The maximum atomic E-state index is 11.4. The third-order valence-electron chi connectivity index (χ3n) is 2.37. The summed E-state index contributed by atoms with van der Waals surface area (Å²) < 4.78 is 6.64. The Kier molecular flexibility index (Phi) is 3.47. The number of nitrogens with zero attached hydrogens (tertiary/aromatic N) is 2. The van der Waals surface area contributed by atoms with Gasteiger partial charge in [-0.15, -0.1) is 0 Å². The van der Waals surface area contributed by atoms with Crippen molar-refractivity contribution in [3.05, 3.63) is 22.6 Å². The van der Waals surface area contributed by atoms with Crippen LogP contribution in [0.15, 0.2) is 17.1 Å². The van der Waals surface area contributed by atoms with E-state index >= 15 is 0 Å². The molecule has 0 atom stereocenters. The number of nitrogens with two attached hydrogens (primary N) is 1. The van der Waals surface area contributed by atoms with E-state index in [-0.39, 0.29) is 11.2 Å². The molecule has 0 radical (unpaired) electrons. The molecule has 0 spiro atoms. The van der Waals surface area contributed by atoms with E-state index < -0.39 is 0 Å². The molecule has 1 rings (SSSR count). The monoisotopic (exact) mass is 211 g/mol. The van der Waals surface area contributed by atoms with Crippen LogP contribution >= 0.6 is 0 Å². The number of methoxy groups -OCH3 is 1. The first-order valence-electron chi connectivity index (χ1n) is 4.82. The molecule has 0 aromatic carbocycles. The lowest BCUT2D eigenvalue weighted by Crippen LogP contribution is -2.29. The van der Waals surface area contributed by atoms with Crippen molar-refractivity contribution >= 4 is 5.69 Å². The van der Waals surface area contributed by atoms with E-state index in [2.05, 4.69) is 5.10 Å². The van der Waals surface area contributed by atoms with Gasteiger partial charge in [0.2, 0.25) is 0 Å². The van der Waals surface area contributed by atoms with Crippen molar-refractivity contribution in [2.45, 2.75) is 32.4 Å². The predicted molar refractivity (Wildman–Crippen MR) is 58.6 cm³/mol. The minimum atomic E-state index is -0.248. The van der Waals surface area contributed by atoms with Crippen LogP contribution in [-0.4, -0.2) is 22.5 Å². The van der Waals surface area contributed by atoms with Crippen molar-refractivity contribution in [2.75, 3.05) is 12.8 Å². The molecule has 0 aliphatic rings. The van der Waals surface area contributed by atoms with Crippen LogP contribution in [0, 0.1) is 0 Å². The Hall–Kier alpha value is -1.36. The normalized spacial score (nSPS) is 11.7. The van der Waals surface area contributed by atoms with Crippen molar-refractivity contribution in [1.82, 2.24) is 9.78 Å². The maximum absolute atomic E-state index is 11.4. The number of aryl methyl sites for hydroxylation is 1. The first-order chi connectivity index (χ1) is 6.94. The van der Waals surface area contributed by atoms with Crippen molar-refractivity contribution in [3.63, 3.8) is 0 Å². The zero-order valence-corrected chi connectivity index (χ0v) is 9.36. The fourth-order valence-corrected chi connectivity index (χ4v) is 1.09. The molecule has 0 aliphatic heterocycles. The highest BCUT2D eigenvalue weighted by Gasteiger charge is 2.16. The molecule has 0 bridgehead atoms. The highest BCUT2D eigenvalue weighted by molar-refractivity contribution is 5.31. The second-order valence-corrected chi connectivity index (χ2v) is 4.06. The number of ether oxygens (including phenoxy) is 1. The van der Waals surface area contributed by atoms with Crippen molar-refractivity contribution in [3.8, 4) is 0 Å². The van der Waals surface area contributed by atoms with E-state index in [1.54, 1.807) is 7.11 Å². The molecule has 1 aromatic rings. The van der Waals surface area contributed by atoms with Crippen LogP contribution < -0.4 is 11.3 Å². The molecule has 84 valence electrons. The summed E-state index contributed by atoms with van der Waals surface area (Å²) in [6.45, 7) is 4.46. The van der Waals surface area contributed by atoms with Gasteiger partial charge in [-0.25, -0.2) is 4.68 Å². The van der Waals surface area contributed by atoms with Gasteiger partial charge in [-0.2, -0.15) is 5.10 Å². The van der Waals surface area contributed by atoms with E-state index in [9.17, 15) is 4.79 Å². The highest BCUT2D eigenvalue weighted by atomic mass is 16.5. The Labute approximate surface area is 88.9 Å². The summed E-state index contributed by atoms with van der Waals surface area (Å²) in [5, 5.41) is 3.94. The molecule has 1 heterocycles. The van der Waals surface area contributed by atoms with E-state index in [1.807, 2.05) is 13.8 Å². The minimum Gasteiger partial charge on any atom is -0.397 e. The second kappa shape index (κ2) is 4.44. The van der Waals surface area contributed by atoms with Crippen LogP contribution in [-0.2, 0) is 11.3 Å². The number of hydrogen-bond donors (Lipinski definition) is 1. The van der Waals surface area contributed by atoms with Crippen LogP contribution in [0.25, 0.3) is 0 Å². The summed E-state index contributed by atoms with van der Waals surface area (Å²) in [7, 11) is 1.65. The first kappa shape index (κ1) is 11.7. The molecule has 0 aliphatic carbocycles. The Morgan fingerprint density at radius 3 is 2.80 bits per heavy atom. The van der Waals surface area contributed by atoms with E-state index in [0.29, 0.717) is 12.2 Å². The molecule has 2 N–H and O–H groups in total. The lowest BCUT2D eigenvalue weighted by molar-refractivity contribution is 0.0110. The molecule has 0 fully saturated rings. The predicted octanol–water partition coefficient (Wildman–Crippen LogP) is 0.641.